The molecule has 0 saturated heterocycles. The van der Waals surface area contributed by atoms with Crippen LogP contribution in [0.4, 0.5) is 0 Å². The number of rotatable bonds is 5. The van der Waals surface area contributed by atoms with E-state index < -0.39 is 0 Å². The molecule has 3 heterocycles. The van der Waals surface area contributed by atoms with Crippen molar-refractivity contribution in [3.05, 3.63) is 170 Å². The molecule has 0 bridgehead atoms. The maximum absolute atomic E-state index is 6.15. The predicted molar refractivity (Wildman–Crippen MR) is 216 cm³/mol. The minimum absolute atomic E-state index is 0.582. The molecule has 0 atom stereocenters. The van der Waals surface area contributed by atoms with E-state index >= 15 is 0 Å². The zero-order chi connectivity index (χ0) is 35.6. The van der Waals surface area contributed by atoms with Crippen molar-refractivity contribution in [3.8, 4) is 51.0 Å². The Labute approximate surface area is 308 Å². The molecule has 0 radical (unpaired) electrons. The molecule has 0 aliphatic heterocycles. The van der Waals surface area contributed by atoms with E-state index in [2.05, 4.69) is 97.1 Å². The van der Waals surface area contributed by atoms with E-state index in [1.807, 2.05) is 72.8 Å². The number of fused-ring (bicyclic) bond motifs is 8. The fraction of sp³-hybridized carbons (Fsp3) is 0. The van der Waals surface area contributed by atoms with Crippen LogP contribution in [0.5, 0.6) is 0 Å². The fourth-order valence-electron chi connectivity index (χ4n) is 7.40. The number of furan rings is 1. The molecule has 0 amide bonds. The molecule has 11 rings (SSSR count). The van der Waals surface area contributed by atoms with Crippen LogP contribution in [0.25, 0.3) is 105 Å². The Kier molecular flexibility index (Phi) is 6.72. The Hall–Kier alpha value is -7.51. The van der Waals surface area contributed by atoms with E-state index in [1.54, 1.807) is 4.80 Å². The largest absolute Gasteiger partial charge is 0.456 e. The van der Waals surface area contributed by atoms with Gasteiger partial charge in [0.05, 0.1) is 5.69 Å². The van der Waals surface area contributed by atoms with E-state index in [9.17, 15) is 0 Å². The van der Waals surface area contributed by atoms with Gasteiger partial charge >= 0.3 is 0 Å². The summed E-state index contributed by atoms with van der Waals surface area (Å²) in [5, 5.41) is 16.2. The number of hydrogen-bond acceptors (Lipinski definition) is 6. The van der Waals surface area contributed by atoms with E-state index in [1.165, 1.54) is 0 Å². The van der Waals surface area contributed by atoms with Crippen LogP contribution in [-0.4, -0.2) is 29.9 Å². The SMILES string of the molecule is c1ccc(-c2ccc(-c3nc(-c4ccc5oc6ccccc6c5c4)nc(-c4ccc5ccc6ccc7nn(-c8ccccc8)nc7c6c5c4)n3)cc2)cc1. The highest BCUT2D eigenvalue weighted by Crippen LogP contribution is 2.36. The molecule has 7 heteroatoms. The highest BCUT2D eigenvalue weighted by Gasteiger charge is 2.17. The quantitative estimate of drug-likeness (QED) is 0.167. The molecule has 54 heavy (non-hydrogen) atoms. The molecule has 11 aromatic rings. The van der Waals surface area contributed by atoms with Crippen molar-refractivity contribution in [2.45, 2.75) is 0 Å². The summed E-state index contributed by atoms with van der Waals surface area (Å²) >= 11 is 0. The molecule has 0 aliphatic carbocycles. The standard InChI is InChI=1S/C47H28N6O/c1-3-9-29(10-4-1)30-15-20-33(21-16-30)45-48-46(50-47(49-45)35-24-26-42-39(28-35)37-13-7-8-14-41(37)54-42)34-22-18-31-17-19-32-23-25-40-44(43(32)38(31)27-34)52-53(51-40)36-11-5-2-6-12-36/h1-28H. The van der Waals surface area contributed by atoms with Crippen molar-refractivity contribution >= 4 is 54.5 Å². The third-order valence-corrected chi connectivity index (χ3v) is 10.1. The second-order valence-corrected chi connectivity index (χ2v) is 13.4. The van der Waals surface area contributed by atoms with Gasteiger partial charge in [0.2, 0.25) is 0 Å². The zero-order valence-electron chi connectivity index (χ0n) is 28.8. The minimum Gasteiger partial charge on any atom is -0.456 e. The molecule has 0 spiro atoms. The van der Waals surface area contributed by atoms with Crippen LogP contribution in [0.3, 0.4) is 0 Å². The maximum Gasteiger partial charge on any atom is 0.164 e. The van der Waals surface area contributed by atoms with Gasteiger partial charge in [0.25, 0.3) is 0 Å². The van der Waals surface area contributed by atoms with Gasteiger partial charge < -0.3 is 4.42 Å². The summed E-state index contributed by atoms with van der Waals surface area (Å²) in [5.41, 5.74) is 9.19. The number of aromatic nitrogens is 6. The highest BCUT2D eigenvalue weighted by molar-refractivity contribution is 6.18. The predicted octanol–water partition coefficient (Wildman–Crippen LogP) is 11.5. The molecule has 8 aromatic carbocycles. The number of para-hydroxylation sites is 2. The fourth-order valence-corrected chi connectivity index (χ4v) is 7.40. The molecule has 7 nitrogen and oxygen atoms in total. The van der Waals surface area contributed by atoms with E-state index in [0.717, 1.165) is 88.0 Å². The molecule has 0 unspecified atom stereocenters. The lowest BCUT2D eigenvalue weighted by Crippen LogP contribution is -2.00. The van der Waals surface area contributed by atoms with Crippen LogP contribution in [0.2, 0.25) is 0 Å². The Balaban J connectivity index is 1.10. The van der Waals surface area contributed by atoms with Crippen LogP contribution < -0.4 is 0 Å². The lowest BCUT2D eigenvalue weighted by atomic mass is 9.98. The van der Waals surface area contributed by atoms with Gasteiger partial charge in [-0.3, -0.25) is 0 Å². The third kappa shape index (κ3) is 5.02. The summed E-state index contributed by atoms with van der Waals surface area (Å²) in [6.07, 6.45) is 0. The van der Waals surface area contributed by atoms with Gasteiger partial charge in [-0.15, -0.1) is 10.2 Å². The highest BCUT2D eigenvalue weighted by atomic mass is 16.3. The van der Waals surface area contributed by atoms with Gasteiger partial charge in [-0.2, -0.15) is 4.80 Å². The molecular weight excluding hydrogens is 665 g/mol. The summed E-state index contributed by atoms with van der Waals surface area (Å²) in [6, 6.07) is 57.8. The first-order valence-electron chi connectivity index (χ1n) is 17.8. The van der Waals surface area contributed by atoms with Gasteiger partial charge in [-0.05, 0) is 75.8 Å². The van der Waals surface area contributed by atoms with Crippen molar-refractivity contribution in [1.82, 2.24) is 29.9 Å². The first-order chi connectivity index (χ1) is 26.7. The average molecular weight is 693 g/mol. The molecule has 0 saturated carbocycles. The van der Waals surface area contributed by atoms with Crippen molar-refractivity contribution in [2.75, 3.05) is 0 Å². The smallest absolute Gasteiger partial charge is 0.164 e. The average Bonchev–Trinajstić information content (AvgIpc) is 3.86. The van der Waals surface area contributed by atoms with E-state index in [4.69, 9.17) is 29.6 Å². The molecule has 3 aromatic heterocycles. The van der Waals surface area contributed by atoms with Crippen LogP contribution in [-0.2, 0) is 0 Å². The second-order valence-electron chi connectivity index (χ2n) is 13.4. The number of hydrogen-bond donors (Lipinski definition) is 0. The molecule has 0 fully saturated rings. The summed E-state index contributed by atoms with van der Waals surface area (Å²) in [5.74, 6) is 1.76. The molecule has 0 N–H and O–H groups in total. The zero-order valence-corrected chi connectivity index (χ0v) is 28.8. The van der Waals surface area contributed by atoms with Crippen LogP contribution in [0.1, 0.15) is 0 Å². The number of nitrogens with zero attached hydrogens (tertiary/aromatic N) is 6. The number of benzene rings is 8. The summed E-state index contributed by atoms with van der Waals surface area (Å²) in [6.45, 7) is 0. The van der Waals surface area contributed by atoms with Crippen LogP contribution >= 0.6 is 0 Å². The Morgan fingerprint density at radius 3 is 1.74 bits per heavy atom. The lowest BCUT2D eigenvalue weighted by molar-refractivity contribution is 0.669. The van der Waals surface area contributed by atoms with Crippen LogP contribution in [0.15, 0.2) is 174 Å². The Morgan fingerprint density at radius 1 is 0.389 bits per heavy atom. The van der Waals surface area contributed by atoms with Gasteiger partial charge in [0.15, 0.2) is 17.5 Å². The summed E-state index contributed by atoms with van der Waals surface area (Å²) in [7, 11) is 0. The second kappa shape index (κ2) is 12.0. The van der Waals surface area contributed by atoms with Crippen molar-refractivity contribution in [3.63, 3.8) is 0 Å². The monoisotopic (exact) mass is 692 g/mol. The Bertz CT molecular complexity index is 3210. The Morgan fingerprint density at radius 2 is 0.944 bits per heavy atom. The first-order valence-corrected chi connectivity index (χ1v) is 17.8. The van der Waals surface area contributed by atoms with Gasteiger partial charge in [0.1, 0.15) is 22.2 Å². The van der Waals surface area contributed by atoms with E-state index in [-0.39, 0.29) is 0 Å². The molecule has 252 valence electrons. The summed E-state index contributed by atoms with van der Waals surface area (Å²) in [4.78, 5) is 17.1. The summed E-state index contributed by atoms with van der Waals surface area (Å²) < 4.78 is 6.15. The third-order valence-electron chi connectivity index (χ3n) is 10.1. The topological polar surface area (TPSA) is 82.5 Å². The van der Waals surface area contributed by atoms with E-state index in [0.29, 0.717) is 17.5 Å². The van der Waals surface area contributed by atoms with Crippen molar-refractivity contribution in [2.24, 2.45) is 0 Å². The lowest BCUT2D eigenvalue weighted by Gasteiger charge is -2.11. The van der Waals surface area contributed by atoms with Gasteiger partial charge in [-0.1, -0.05) is 121 Å². The first kappa shape index (κ1) is 30.1. The molecule has 0 aliphatic rings. The maximum atomic E-state index is 6.15. The molecular formula is C47H28N6O. The minimum atomic E-state index is 0.582. The van der Waals surface area contributed by atoms with Crippen LogP contribution in [0, 0.1) is 0 Å². The van der Waals surface area contributed by atoms with Crippen molar-refractivity contribution in [1.29, 1.82) is 0 Å². The normalized spacial score (nSPS) is 11.7. The van der Waals surface area contributed by atoms with Gasteiger partial charge in [-0.25, -0.2) is 15.0 Å². The van der Waals surface area contributed by atoms with Gasteiger partial charge in [0, 0.05) is 32.8 Å². The van der Waals surface area contributed by atoms with Crippen molar-refractivity contribution < 1.29 is 4.42 Å².